The SMILES string of the molecule is COc1ccc(NC2=N[C@@H]3[C@@H](O)[C@H](O)C[C@@H](C(=O)NCCNC(C)=O)[C@H]3S2)cc1. The van der Waals surface area contributed by atoms with Crippen LogP contribution in [0.4, 0.5) is 5.69 Å². The van der Waals surface area contributed by atoms with E-state index in [0.29, 0.717) is 18.3 Å². The molecule has 2 amide bonds. The van der Waals surface area contributed by atoms with Gasteiger partial charge in [0.05, 0.1) is 25.2 Å². The van der Waals surface area contributed by atoms with Crippen molar-refractivity contribution in [2.24, 2.45) is 10.9 Å². The maximum Gasteiger partial charge on any atom is 0.224 e. The van der Waals surface area contributed by atoms with E-state index in [-0.39, 0.29) is 23.5 Å². The molecule has 0 unspecified atom stereocenters. The third kappa shape index (κ3) is 5.20. The number of amides is 2. The van der Waals surface area contributed by atoms with Crippen LogP contribution in [-0.4, -0.2) is 70.9 Å². The molecule has 10 heteroatoms. The Balaban J connectivity index is 1.64. The molecular weight excluding hydrogens is 396 g/mol. The number of aliphatic hydroxyl groups excluding tert-OH is 2. The summed E-state index contributed by atoms with van der Waals surface area (Å²) in [7, 11) is 1.60. The van der Waals surface area contributed by atoms with Crippen molar-refractivity contribution in [3.63, 3.8) is 0 Å². The molecule has 0 saturated heterocycles. The highest BCUT2D eigenvalue weighted by atomic mass is 32.2. The third-order valence-corrected chi connectivity index (χ3v) is 6.27. The molecule has 1 aliphatic carbocycles. The van der Waals surface area contributed by atoms with Crippen LogP contribution in [0, 0.1) is 5.92 Å². The van der Waals surface area contributed by atoms with Crippen molar-refractivity contribution in [2.45, 2.75) is 36.8 Å². The number of thioether (sulfide) groups is 1. The summed E-state index contributed by atoms with van der Waals surface area (Å²) >= 11 is 1.39. The molecule has 0 aromatic heterocycles. The Bertz CT molecular complexity index is 772. The third-order valence-electron chi connectivity index (χ3n) is 4.96. The van der Waals surface area contributed by atoms with Gasteiger partial charge < -0.3 is 30.9 Å². The van der Waals surface area contributed by atoms with Crippen molar-refractivity contribution in [1.29, 1.82) is 0 Å². The summed E-state index contributed by atoms with van der Waals surface area (Å²) in [5.74, 6) is -0.145. The molecule has 1 saturated carbocycles. The molecule has 1 aliphatic heterocycles. The molecule has 5 atom stereocenters. The van der Waals surface area contributed by atoms with Gasteiger partial charge in [0.25, 0.3) is 0 Å². The van der Waals surface area contributed by atoms with Gasteiger partial charge in [-0.2, -0.15) is 0 Å². The zero-order valence-electron chi connectivity index (χ0n) is 16.3. The summed E-state index contributed by atoms with van der Waals surface area (Å²) in [4.78, 5) is 28.1. The topological polar surface area (TPSA) is 132 Å². The lowest BCUT2D eigenvalue weighted by molar-refractivity contribution is -0.129. The molecule has 1 aromatic carbocycles. The minimum atomic E-state index is -1.02. The first-order valence-electron chi connectivity index (χ1n) is 9.43. The molecular formula is C19H26N4O5S. The maximum atomic E-state index is 12.7. The van der Waals surface area contributed by atoms with E-state index in [2.05, 4.69) is 20.9 Å². The van der Waals surface area contributed by atoms with Crippen molar-refractivity contribution in [3.05, 3.63) is 24.3 Å². The monoisotopic (exact) mass is 422 g/mol. The van der Waals surface area contributed by atoms with E-state index in [1.165, 1.54) is 18.7 Å². The highest BCUT2D eigenvalue weighted by Crippen LogP contribution is 2.41. The standard InChI is InChI=1S/C19H26N4O5S/c1-10(24)20-7-8-21-18(27)13-9-14(25)16(26)15-17(13)29-19(23-15)22-11-3-5-12(28-2)6-4-11/h3-6,13-17,25-26H,7-9H2,1-2H3,(H,20,24)(H,21,27)(H,22,23)/t13-,14-,15-,16+,17-/m1/s1. The lowest BCUT2D eigenvalue weighted by Crippen LogP contribution is -2.54. The number of fused-ring (bicyclic) bond motifs is 1. The summed E-state index contributed by atoms with van der Waals surface area (Å²) < 4.78 is 5.14. The van der Waals surface area contributed by atoms with Crippen molar-refractivity contribution < 1.29 is 24.5 Å². The molecule has 3 rings (SSSR count). The highest BCUT2D eigenvalue weighted by molar-refractivity contribution is 8.15. The fourth-order valence-electron chi connectivity index (χ4n) is 3.46. The maximum absolute atomic E-state index is 12.7. The molecule has 1 aromatic rings. The van der Waals surface area contributed by atoms with E-state index in [1.807, 2.05) is 24.3 Å². The van der Waals surface area contributed by atoms with E-state index in [0.717, 1.165) is 11.4 Å². The van der Waals surface area contributed by atoms with E-state index in [9.17, 15) is 19.8 Å². The number of carbonyl (C=O) groups excluding carboxylic acids is 2. The molecule has 0 spiro atoms. The molecule has 0 radical (unpaired) electrons. The minimum absolute atomic E-state index is 0.159. The molecule has 29 heavy (non-hydrogen) atoms. The normalized spacial score (nSPS) is 28.1. The van der Waals surface area contributed by atoms with Crippen LogP contribution in [0.5, 0.6) is 5.75 Å². The number of anilines is 1. The fourth-order valence-corrected chi connectivity index (χ4v) is 4.84. The van der Waals surface area contributed by atoms with Gasteiger partial charge in [-0.3, -0.25) is 14.6 Å². The van der Waals surface area contributed by atoms with E-state index in [4.69, 9.17) is 4.74 Å². The second-order valence-electron chi connectivity index (χ2n) is 7.03. The van der Waals surface area contributed by atoms with Crippen LogP contribution >= 0.6 is 11.8 Å². The summed E-state index contributed by atoms with van der Waals surface area (Å²) in [5, 5.41) is 29.5. The molecule has 9 nitrogen and oxygen atoms in total. The zero-order valence-corrected chi connectivity index (χ0v) is 17.1. The van der Waals surface area contributed by atoms with Crippen molar-refractivity contribution in [2.75, 3.05) is 25.5 Å². The Morgan fingerprint density at radius 1 is 1.21 bits per heavy atom. The van der Waals surface area contributed by atoms with Gasteiger partial charge in [0, 0.05) is 31.0 Å². The number of amidine groups is 1. The molecule has 0 bridgehead atoms. The smallest absolute Gasteiger partial charge is 0.224 e. The quantitative estimate of drug-likeness (QED) is 0.406. The molecule has 2 aliphatic rings. The van der Waals surface area contributed by atoms with E-state index in [1.54, 1.807) is 7.11 Å². The van der Waals surface area contributed by atoms with Crippen LogP contribution in [0.1, 0.15) is 13.3 Å². The molecule has 1 fully saturated rings. The van der Waals surface area contributed by atoms with Gasteiger partial charge in [-0.1, -0.05) is 11.8 Å². The number of nitrogens with zero attached hydrogens (tertiary/aromatic N) is 1. The number of hydrogen-bond acceptors (Lipinski definition) is 8. The van der Waals surface area contributed by atoms with E-state index < -0.39 is 24.2 Å². The summed E-state index contributed by atoms with van der Waals surface area (Å²) in [5.41, 5.74) is 0.807. The van der Waals surface area contributed by atoms with Gasteiger partial charge >= 0.3 is 0 Å². The van der Waals surface area contributed by atoms with Crippen LogP contribution in [0.25, 0.3) is 0 Å². The minimum Gasteiger partial charge on any atom is -0.497 e. The van der Waals surface area contributed by atoms with Crippen molar-refractivity contribution >= 4 is 34.4 Å². The van der Waals surface area contributed by atoms with Crippen molar-refractivity contribution in [1.82, 2.24) is 10.6 Å². The van der Waals surface area contributed by atoms with Crippen LogP contribution in [0.15, 0.2) is 29.3 Å². The Hall–Kier alpha value is -2.30. The predicted molar refractivity (Wildman–Crippen MR) is 111 cm³/mol. The van der Waals surface area contributed by atoms with Gasteiger partial charge in [0.15, 0.2) is 5.17 Å². The average Bonchev–Trinajstić information content (AvgIpc) is 3.12. The molecule has 5 N–H and O–H groups in total. The highest BCUT2D eigenvalue weighted by Gasteiger charge is 2.50. The van der Waals surface area contributed by atoms with Crippen LogP contribution in [-0.2, 0) is 9.59 Å². The largest absolute Gasteiger partial charge is 0.497 e. The molecule has 158 valence electrons. The zero-order chi connectivity index (χ0) is 21.0. The number of ether oxygens (including phenoxy) is 1. The van der Waals surface area contributed by atoms with Gasteiger partial charge in [0.2, 0.25) is 11.8 Å². The number of rotatable bonds is 6. The van der Waals surface area contributed by atoms with Gasteiger partial charge in [-0.25, -0.2) is 0 Å². The van der Waals surface area contributed by atoms with E-state index >= 15 is 0 Å². The van der Waals surface area contributed by atoms with Crippen LogP contribution < -0.4 is 20.7 Å². The van der Waals surface area contributed by atoms with Crippen LogP contribution in [0.2, 0.25) is 0 Å². The van der Waals surface area contributed by atoms with Gasteiger partial charge in [-0.15, -0.1) is 0 Å². The summed E-state index contributed by atoms with van der Waals surface area (Å²) in [6.45, 7) is 2.05. The number of benzene rings is 1. The lowest BCUT2D eigenvalue weighted by atomic mass is 9.81. The van der Waals surface area contributed by atoms with Crippen LogP contribution in [0.3, 0.4) is 0 Å². The number of aliphatic imine (C=N–C) groups is 1. The van der Waals surface area contributed by atoms with Gasteiger partial charge in [-0.05, 0) is 30.7 Å². The second kappa shape index (κ2) is 9.47. The Kier molecular flexibility index (Phi) is 6.99. The summed E-state index contributed by atoms with van der Waals surface area (Å²) in [6.07, 6.45) is -1.88. The number of hydrogen-bond donors (Lipinski definition) is 5. The number of methoxy groups -OCH3 is 1. The summed E-state index contributed by atoms with van der Waals surface area (Å²) in [6, 6.07) is 6.76. The molecule has 1 heterocycles. The average molecular weight is 423 g/mol. The second-order valence-corrected chi connectivity index (χ2v) is 8.20. The fraction of sp³-hybridized carbons (Fsp3) is 0.526. The number of carbonyl (C=O) groups is 2. The Morgan fingerprint density at radius 3 is 2.55 bits per heavy atom. The first-order chi connectivity index (χ1) is 13.9. The number of aliphatic hydroxyl groups is 2. The van der Waals surface area contributed by atoms with Crippen molar-refractivity contribution in [3.8, 4) is 5.75 Å². The lowest BCUT2D eigenvalue weighted by Gasteiger charge is -2.37. The first-order valence-corrected chi connectivity index (χ1v) is 10.3. The Morgan fingerprint density at radius 2 is 1.90 bits per heavy atom. The predicted octanol–water partition coefficient (Wildman–Crippen LogP) is -0.0589. The number of nitrogens with one attached hydrogen (secondary N) is 3. The first kappa shape index (κ1) is 21.4. The van der Waals surface area contributed by atoms with Gasteiger partial charge in [0.1, 0.15) is 11.9 Å². The Labute approximate surface area is 173 Å².